The molecule has 0 radical (unpaired) electrons. The Hall–Kier alpha value is -0.180. The van der Waals surface area contributed by atoms with E-state index in [0.717, 1.165) is 6.42 Å². The molecule has 0 N–H and O–H groups in total. The van der Waals surface area contributed by atoms with Crippen LogP contribution in [0.25, 0.3) is 0 Å². The van der Waals surface area contributed by atoms with Gasteiger partial charge in [-0.25, -0.2) is 0 Å². The molecule has 0 aromatic carbocycles. The molecule has 0 aliphatic heterocycles. The molecule has 0 rings (SSSR count). The minimum atomic E-state index is -0.920. The zero-order chi connectivity index (χ0) is 8.85. The lowest BCUT2D eigenvalue weighted by molar-refractivity contribution is -0.119. The molecule has 0 spiro atoms. The number of hydrogen-bond acceptors (Lipinski definition) is 2. The van der Waals surface area contributed by atoms with Gasteiger partial charge < -0.3 is 0 Å². The van der Waals surface area contributed by atoms with Crippen LogP contribution >= 0.6 is 0 Å². The Kier molecular flexibility index (Phi) is 5.38. The van der Waals surface area contributed by atoms with Crippen LogP contribution in [0.4, 0.5) is 0 Å². The van der Waals surface area contributed by atoms with Gasteiger partial charge in [0.25, 0.3) is 0 Å². The van der Waals surface area contributed by atoms with Crippen molar-refractivity contribution in [2.45, 2.75) is 27.2 Å². The Labute approximate surface area is 70.8 Å². The summed E-state index contributed by atoms with van der Waals surface area (Å²) in [5.41, 5.74) is 0. The van der Waals surface area contributed by atoms with Crippen LogP contribution in [0.15, 0.2) is 0 Å². The number of ketones is 1. The maximum atomic E-state index is 11.0. The molecule has 0 aromatic heterocycles. The van der Waals surface area contributed by atoms with Crippen LogP contribution in [0, 0.1) is 5.92 Å². The molecule has 11 heavy (non-hydrogen) atoms. The first kappa shape index (κ1) is 10.8. The molecule has 0 aromatic rings. The minimum Gasteiger partial charge on any atom is -0.298 e. The Morgan fingerprint density at radius 3 is 2.36 bits per heavy atom. The van der Waals surface area contributed by atoms with Gasteiger partial charge >= 0.3 is 0 Å². The fourth-order valence-electron chi connectivity index (χ4n) is 0.625. The first-order chi connectivity index (χ1) is 5.07. The van der Waals surface area contributed by atoms with Gasteiger partial charge in [0.1, 0.15) is 5.78 Å². The van der Waals surface area contributed by atoms with E-state index in [4.69, 9.17) is 0 Å². The van der Waals surface area contributed by atoms with Crippen LogP contribution in [0.2, 0.25) is 0 Å². The molecule has 0 aliphatic carbocycles. The third kappa shape index (κ3) is 5.13. The molecule has 1 unspecified atom stereocenters. The van der Waals surface area contributed by atoms with Gasteiger partial charge in [0.15, 0.2) is 0 Å². The van der Waals surface area contributed by atoms with Crippen molar-refractivity contribution in [3.63, 3.8) is 0 Å². The van der Waals surface area contributed by atoms with Gasteiger partial charge in [-0.2, -0.15) is 0 Å². The van der Waals surface area contributed by atoms with Crippen molar-refractivity contribution in [3.05, 3.63) is 0 Å². The van der Waals surface area contributed by atoms with E-state index in [1.165, 1.54) is 0 Å². The zero-order valence-corrected chi connectivity index (χ0v) is 8.24. The molecule has 0 aliphatic rings. The van der Waals surface area contributed by atoms with E-state index in [1.807, 2.05) is 20.8 Å². The van der Waals surface area contributed by atoms with Gasteiger partial charge in [-0.05, 0) is 6.42 Å². The van der Waals surface area contributed by atoms with Crippen molar-refractivity contribution in [2.24, 2.45) is 5.92 Å². The summed E-state index contributed by atoms with van der Waals surface area (Å²) in [6.45, 7) is 5.65. The second-order valence-corrected chi connectivity index (χ2v) is 4.49. The Bertz CT molecular complexity index is 152. The normalized spacial score (nSPS) is 13.5. The highest BCUT2D eigenvalue weighted by Gasteiger charge is 2.10. The SMILES string of the molecule is CCCS(=O)CC(=O)C(C)C. The molecular weight excluding hydrogens is 160 g/mol. The van der Waals surface area contributed by atoms with Gasteiger partial charge in [0, 0.05) is 22.5 Å². The third-order valence-corrected chi connectivity index (χ3v) is 2.85. The molecule has 0 amide bonds. The van der Waals surface area contributed by atoms with Crippen LogP contribution in [-0.2, 0) is 15.6 Å². The van der Waals surface area contributed by atoms with E-state index in [0.29, 0.717) is 5.75 Å². The molecular formula is C8H16O2S. The highest BCUT2D eigenvalue weighted by atomic mass is 32.2. The van der Waals surface area contributed by atoms with Gasteiger partial charge in [-0.15, -0.1) is 0 Å². The molecule has 3 heteroatoms. The number of carbonyl (C=O) groups is 1. The van der Waals surface area contributed by atoms with Crippen LogP contribution in [-0.4, -0.2) is 21.5 Å². The first-order valence-corrected chi connectivity index (χ1v) is 5.44. The van der Waals surface area contributed by atoms with E-state index in [9.17, 15) is 9.00 Å². The molecule has 0 fully saturated rings. The second-order valence-electron chi connectivity index (χ2n) is 2.91. The molecule has 0 saturated heterocycles. The molecule has 2 nitrogen and oxygen atoms in total. The lowest BCUT2D eigenvalue weighted by Gasteiger charge is -2.02. The maximum Gasteiger partial charge on any atom is 0.147 e. The van der Waals surface area contributed by atoms with Gasteiger partial charge in [0.05, 0.1) is 5.75 Å². The molecule has 1 atom stereocenters. The number of carbonyl (C=O) groups excluding carboxylic acids is 1. The monoisotopic (exact) mass is 176 g/mol. The predicted molar refractivity (Wildman–Crippen MR) is 48.0 cm³/mol. The number of Topliss-reactive ketones (excluding diaryl/α,β-unsaturated/α-hetero) is 1. The van der Waals surface area contributed by atoms with E-state index in [1.54, 1.807) is 0 Å². The summed E-state index contributed by atoms with van der Waals surface area (Å²) in [7, 11) is -0.920. The fourth-order valence-corrected chi connectivity index (χ4v) is 1.88. The molecule has 0 bridgehead atoms. The summed E-state index contributed by atoms with van der Waals surface area (Å²) in [4.78, 5) is 11.0. The minimum absolute atomic E-state index is 0.0239. The van der Waals surface area contributed by atoms with E-state index in [-0.39, 0.29) is 17.5 Å². The maximum absolute atomic E-state index is 11.0. The lowest BCUT2D eigenvalue weighted by atomic mass is 10.1. The van der Waals surface area contributed by atoms with Crippen LogP contribution < -0.4 is 0 Å². The summed E-state index contributed by atoms with van der Waals surface area (Å²) in [6.07, 6.45) is 0.887. The first-order valence-electron chi connectivity index (χ1n) is 3.95. The van der Waals surface area contributed by atoms with Crippen LogP contribution in [0.1, 0.15) is 27.2 Å². The van der Waals surface area contributed by atoms with Crippen molar-refractivity contribution in [1.82, 2.24) is 0 Å². The average molecular weight is 176 g/mol. The predicted octanol–water partition coefficient (Wildman–Crippen LogP) is 1.37. The van der Waals surface area contributed by atoms with E-state index < -0.39 is 10.8 Å². The summed E-state index contributed by atoms with van der Waals surface area (Å²) >= 11 is 0. The Morgan fingerprint density at radius 1 is 1.45 bits per heavy atom. The molecule has 0 saturated carbocycles. The molecule has 0 heterocycles. The quantitative estimate of drug-likeness (QED) is 0.634. The number of hydrogen-bond donors (Lipinski definition) is 0. The van der Waals surface area contributed by atoms with Crippen molar-refractivity contribution >= 4 is 16.6 Å². The lowest BCUT2D eigenvalue weighted by Crippen LogP contribution is -2.17. The van der Waals surface area contributed by atoms with Crippen LogP contribution in [0.3, 0.4) is 0 Å². The smallest absolute Gasteiger partial charge is 0.147 e. The standard InChI is InChI=1S/C8H16O2S/c1-4-5-11(10)6-8(9)7(2)3/h7H,4-6H2,1-3H3. The Balaban J connectivity index is 3.67. The zero-order valence-electron chi connectivity index (χ0n) is 7.42. The van der Waals surface area contributed by atoms with Crippen LogP contribution in [0.5, 0.6) is 0 Å². The summed E-state index contributed by atoms with van der Waals surface area (Å²) < 4.78 is 11.0. The second kappa shape index (κ2) is 5.47. The van der Waals surface area contributed by atoms with E-state index >= 15 is 0 Å². The average Bonchev–Trinajstić information content (AvgIpc) is 1.87. The van der Waals surface area contributed by atoms with Crippen molar-refractivity contribution in [2.75, 3.05) is 11.5 Å². The topological polar surface area (TPSA) is 34.1 Å². The van der Waals surface area contributed by atoms with Gasteiger partial charge in [0.2, 0.25) is 0 Å². The summed E-state index contributed by atoms with van der Waals surface area (Å²) in [5, 5.41) is 0. The third-order valence-electron chi connectivity index (χ3n) is 1.38. The summed E-state index contributed by atoms with van der Waals surface area (Å²) in [5.74, 6) is 1.02. The highest BCUT2D eigenvalue weighted by Crippen LogP contribution is 1.97. The van der Waals surface area contributed by atoms with Gasteiger partial charge in [-0.3, -0.25) is 9.00 Å². The summed E-state index contributed by atoms with van der Waals surface area (Å²) in [6, 6.07) is 0. The van der Waals surface area contributed by atoms with Gasteiger partial charge in [-0.1, -0.05) is 20.8 Å². The highest BCUT2D eigenvalue weighted by molar-refractivity contribution is 7.85. The molecule has 66 valence electrons. The number of rotatable bonds is 5. The Morgan fingerprint density at radius 2 is 2.00 bits per heavy atom. The largest absolute Gasteiger partial charge is 0.298 e. The fraction of sp³-hybridized carbons (Fsp3) is 0.875. The van der Waals surface area contributed by atoms with Crippen molar-refractivity contribution in [3.8, 4) is 0 Å². The van der Waals surface area contributed by atoms with Crippen molar-refractivity contribution in [1.29, 1.82) is 0 Å². The van der Waals surface area contributed by atoms with Crippen molar-refractivity contribution < 1.29 is 9.00 Å². The van der Waals surface area contributed by atoms with E-state index in [2.05, 4.69) is 0 Å².